The first kappa shape index (κ1) is 16.9. The van der Waals surface area contributed by atoms with E-state index in [-0.39, 0.29) is 12.4 Å². The fourth-order valence-electron chi connectivity index (χ4n) is 2.17. The summed E-state index contributed by atoms with van der Waals surface area (Å²) in [6.45, 7) is 3.24. The summed E-state index contributed by atoms with van der Waals surface area (Å²) in [4.78, 5) is 24.4. The first-order valence-electron chi connectivity index (χ1n) is 7.53. The number of carbonyl (C=O) groups is 2. The molecule has 0 fully saturated rings. The van der Waals surface area contributed by atoms with E-state index < -0.39 is 18.0 Å². The van der Waals surface area contributed by atoms with Gasteiger partial charge in [0.15, 0.2) is 5.78 Å². The highest BCUT2D eigenvalue weighted by Gasteiger charge is 2.19. The van der Waals surface area contributed by atoms with E-state index in [9.17, 15) is 14.7 Å². The van der Waals surface area contributed by atoms with Crippen LogP contribution in [0.3, 0.4) is 0 Å². The molecule has 2 atom stereocenters. The molecule has 120 valence electrons. The van der Waals surface area contributed by atoms with Gasteiger partial charge in [-0.1, -0.05) is 48.5 Å². The first-order valence-corrected chi connectivity index (χ1v) is 7.53. The number of hydrogen-bond acceptors (Lipinski definition) is 4. The number of aliphatic hydroxyl groups excluding tert-OH is 1. The van der Waals surface area contributed by atoms with Crippen LogP contribution >= 0.6 is 0 Å². The van der Waals surface area contributed by atoms with Gasteiger partial charge in [-0.25, -0.2) is 0 Å². The molecule has 0 amide bonds. The van der Waals surface area contributed by atoms with E-state index in [4.69, 9.17) is 4.74 Å². The molecule has 4 heteroatoms. The maximum atomic E-state index is 12.5. The molecule has 2 aromatic rings. The second-order valence-electron chi connectivity index (χ2n) is 5.52. The van der Waals surface area contributed by atoms with E-state index in [2.05, 4.69) is 0 Å². The molecule has 23 heavy (non-hydrogen) atoms. The second-order valence-corrected chi connectivity index (χ2v) is 5.52. The normalized spacial score (nSPS) is 13.2. The van der Waals surface area contributed by atoms with Crippen LogP contribution in [-0.4, -0.2) is 29.6 Å². The van der Waals surface area contributed by atoms with Gasteiger partial charge in [-0.2, -0.15) is 0 Å². The van der Waals surface area contributed by atoms with Crippen molar-refractivity contribution in [2.75, 3.05) is 6.61 Å². The van der Waals surface area contributed by atoms with Crippen LogP contribution in [0, 0.1) is 0 Å². The summed E-state index contributed by atoms with van der Waals surface area (Å²) in [5, 5.41) is 9.17. The number of ether oxygens (including phenoxy) is 1. The Hall–Kier alpha value is -2.46. The van der Waals surface area contributed by atoms with Gasteiger partial charge in [-0.05, 0) is 25.5 Å². The molecular formula is C19H20O4. The van der Waals surface area contributed by atoms with Gasteiger partial charge in [-0.3, -0.25) is 9.59 Å². The van der Waals surface area contributed by atoms with E-state index in [0.29, 0.717) is 16.7 Å². The summed E-state index contributed by atoms with van der Waals surface area (Å²) < 4.78 is 5.03. The van der Waals surface area contributed by atoms with Crippen molar-refractivity contribution in [3.05, 3.63) is 71.3 Å². The fraction of sp³-hybridized carbons (Fsp3) is 0.263. The minimum absolute atomic E-state index is 0.0359. The number of aliphatic hydroxyl groups is 1. The molecule has 2 unspecified atom stereocenters. The molecule has 4 nitrogen and oxygen atoms in total. The molecule has 0 spiro atoms. The summed E-state index contributed by atoms with van der Waals surface area (Å²) in [5.74, 6) is -1.01. The maximum Gasteiger partial charge on any atom is 0.313 e. The molecular weight excluding hydrogens is 292 g/mol. The Bertz CT molecular complexity index is 677. The van der Waals surface area contributed by atoms with Gasteiger partial charge in [0.25, 0.3) is 0 Å². The Morgan fingerprint density at radius 3 is 2.30 bits per heavy atom. The number of esters is 1. The topological polar surface area (TPSA) is 63.6 Å². The van der Waals surface area contributed by atoms with Crippen LogP contribution in [0.15, 0.2) is 54.6 Å². The molecule has 0 bridgehead atoms. The van der Waals surface area contributed by atoms with Gasteiger partial charge in [0.1, 0.15) is 6.61 Å². The summed E-state index contributed by atoms with van der Waals surface area (Å²) in [6, 6.07) is 16.0. The smallest absolute Gasteiger partial charge is 0.313 e. The maximum absolute atomic E-state index is 12.5. The lowest BCUT2D eigenvalue weighted by molar-refractivity contribution is -0.147. The molecule has 0 saturated carbocycles. The van der Waals surface area contributed by atoms with Crippen LogP contribution < -0.4 is 0 Å². The summed E-state index contributed by atoms with van der Waals surface area (Å²) in [6.07, 6.45) is -0.697. The lowest BCUT2D eigenvalue weighted by Gasteiger charge is -2.13. The average Bonchev–Trinajstić information content (AvgIpc) is 2.59. The van der Waals surface area contributed by atoms with E-state index >= 15 is 0 Å². The molecule has 0 aliphatic heterocycles. The third-order valence-electron chi connectivity index (χ3n) is 3.51. The molecule has 2 aromatic carbocycles. The van der Waals surface area contributed by atoms with E-state index in [1.807, 2.05) is 18.2 Å². The van der Waals surface area contributed by atoms with E-state index in [1.54, 1.807) is 50.2 Å². The SMILES string of the molecule is CC(O)COC(=O)C(C)c1cccc(C(=O)c2ccccc2)c1. The third-order valence-corrected chi connectivity index (χ3v) is 3.51. The molecule has 0 aromatic heterocycles. The van der Waals surface area contributed by atoms with Crippen molar-refractivity contribution in [2.45, 2.75) is 25.9 Å². The third kappa shape index (κ3) is 4.50. The highest BCUT2D eigenvalue weighted by molar-refractivity contribution is 6.09. The van der Waals surface area contributed by atoms with Crippen molar-refractivity contribution in [1.29, 1.82) is 0 Å². The zero-order chi connectivity index (χ0) is 16.8. The van der Waals surface area contributed by atoms with E-state index in [0.717, 1.165) is 0 Å². The number of benzene rings is 2. The zero-order valence-corrected chi connectivity index (χ0v) is 13.2. The van der Waals surface area contributed by atoms with Crippen molar-refractivity contribution in [1.82, 2.24) is 0 Å². The number of rotatable bonds is 6. The summed E-state index contributed by atoms with van der Waals surface area (Å²) in [5.41, 5.74) is 1.85. The van der Waals surface area contributed by atoms with Gasteiger partial charge in [-0.15, -0.1) is 0 Å². The van der Waals surface area contributed by atoms with E-state index in [1.165, 1.54) is 0 Å². The Kier molecular flexibility index (Phi) is 5.66. The number of hydrogen-bond donors (Lipinski definition) is 1. The van der Waals surface area contributed by atoms with Crippen LogP contribution in [0.25, 0.3) is 0 Å². The predicted octanol–water partition coefficient (Wildman–Crippen LogP) is 2.95. The predicted molar refractivity (Wildman–Crippen MR) is 87.4 cm³/mol. The molecule has 2 rings (SSSR count). The standard InChI is InChI=1S/C19H20O4/c1-13(20)12-23-19(22)14(2)16-9-6-10-17(11-16)18(21)15-7-4-3-5-8-15/h3-11,13-14,20H,12H2,1-2H3. The minimum atomic E-state index is -0.697. The largest absolute Gasteiger partial charge is 0.462 e. The quantitative estimate of drug-likeness (QED) is 0.658. The molecule has 0 aliphatic carbocycles. The second kappa shape index (κ2) is 7.70. The van der Waals surface area contributed by atoms with Crippen molar-refractivity contribution in [3.8, 4) is 0 Å². The highest BCUT2D eigenvalue weighted by atomic mass is 16.5. The fourth-order valence-corrected chi connectivity index (χ4v) is 2.17. The monoisotopic (exact) mass is 312 g/mol. The van der Waals surface area contributed by atoms with Gasteiger partial charge >= 0.3 is 5.97 Å². The van der Waals surface area contributed by atoms with Crippen LogP contribution in [0.4, 0.5) is 0 Å². The highest BCUT2D eigenvalue weighted by Crippen LogP contribution is 2.20. The van der Waals surface area contributed by atoms with Gasteiger partial charge in [0.2, 0.25) is 0 Å². The zero-order valence-electron chi connectivity index (χ0n) is 13.2. The van der Waals surface area contributed by atoms with Crippen molar-refractivity contribution >= 4 is 11.8 Å². The Morgan fingerprint density at radius 1 is 1.00 bits per heavy atom. The number of carbonyl (C=O) groups excluding carboxylic acids is 2. The van der Waals surface area contributed by atoms with Crippen LogP contribution in [0.1, 0.15) is 41.3 Å². The Morgan fingerprint density at radius 2 is 1.65 bits per heavy atom. The molecule has 1 N–H and O–H groups in total. The van der Waals surface area contributed by atoms with Crippen molar-refractivity contribution < 1.29 is 19.4 Å². The van der Waals surface area contributed by atoms with Crippen molar-refractivity contribution in [2.24, 2.45) is 0 Å². The average molecular weight is 312 g/mol. The molecule has 0 saturated heterocycles. The summed E-state index contributed by atoms with van der Waals surface area (Å²) in [7, 11) is 0. The van der Waals surface area contributed by atoms with Gasteiger partial charge in [0, 0.05) is 11.1 Å². The molecule has 0 aliphatic rings. The van der Waals surface area contributed by atoms with Crippen LogP contribution in [0.5, 0.6) is 0 Å². The lowest BCUT2D eigenvalue weighted by atomic mass is 9.96. The molecule has 0 radical (unpaired) electrons. The molecule has 0 heterocycles. The van der Waals surface area contributed by atoms with Gasteiger partial charge in [0.05, 0.1) is 12.0 Å². The van der Waals surface area contributed by atoms with Crippen LogP contribution in [-0.2, 0) is 9.53 Å². The Labute approximate surface area is 135 Å². The Balaban J connectivity index is 2.16. The number of ketones is 1. The van der Waals surface area contributed by atoms with Crippen LogP contribution in [0.2, 0.25) is 0 Å². The first-order chi connectivity index (χ1) is 11.0. The lowest BCUT2D eigenvalue weighted by Crippen LogP contribution is -2.19. The van der Waals surface area contributed by atoms with Crippen molar-refractivity contribution in [3.63, 3.8) is 0 Å². The van der Waals surface area contributed by atoms with Gasteiger partial charge < -0.3 is 9.84 Å². The summed E-state index contributed by atoms with van der Waals surface area (Å²) >= 11 is 0. The minimum Gasteiger partial charge on any atom is -0.462 e.